The second-order valence-corrected chi connectivity index (χ2v) is 8.52. The van der Waals surface area contributed by atoms with Crippen molar-refractivity contribution in [3.05, 3.63) is 17.1 Å². The molecule has 2 bridgehead atoms. The Bertz CT molecular complexity index is 557. The van der Waals surface area contributed by atoms with Crippen LogP contribution in [0.15, 0.2) is 11.6 Å². The molecular weight excluding hydrogens is 322 g/mol. The number of carbonyl (C=O) groups excluding carboxylic acids is 1. The molecule has 4 atom stereocenters. The highest BCUT2D eigenvalue weighted by atomic mass is 32.1. The quantitative estimate of drug-likeness (QED) is 0.907. The molecule has 1 aromatic heterocycles. The van der Waals surface area contributed by atoms with E-state index in [1.807, 2.05) is 13.1 Å². The van der Waals surface area contributed by atoms with E-state index >= 15 is 0 Å². The summed E-state index contributed by atoms with van der Waals surface area (Å²) in [6, 6.07) is 0.330. The van der Waals surface area contributed by atoms with E-state index in [2.05, 4.69) is 20.0 Å². The van der Waals surface area contributed by atoms with Gasteiger partial charge in [-0.15, -0.1) is 0 Å². The number of piperidine rings is 1. The Balaban J connectivity index is 1.37. The Morgan fingerprint density at radius 3 is 2.83 bits per heavy atom. The molecule has 1 aromatic rings. The highest BCUT2D eigenvalue weighted by molar-refractivity contribution is 7.03. The Morgan fingerprint density at radius 2 is 2.21 bits per heavy atom. The number of fused-ring (bicyclic) bond motifs is 2. The lowest BCUT2D eigenvalue weighted by molar-refractivity contribution is -0.152. The monoisotopic (exact) mass is 349 g/mol. The first-order chi connectivity index (χ1) is 11.6. The van der Waals surface area contributed by atoms with Crippen molar-refractivity contribution >= 4 is 17.4 Å². The van der Waals surface area contributed by atoms with Gasteiger partial charge in [-0.1, -0.05) is 0 Å². The van der Waals surface area contributed by atoms with E-state index in [0.717, 1.165) is 38.9 Å². The summed E-state index contributed by atoms with van der Waals surface area (Å²) in [5.74, 6) is 1.26. The van der Waals surface area contributed by atoms with Crippen LogP contribution in [-0.2, 0) is 16.1 Å². The Hall–Kier alpha value is -0.980. The van der Waals surface area contributed by atoms with Crippen LogP contribution in [0.4, 0.5) is 0 Å². The average molecular weight is 350 g/mol. The number of likely N-dealkylation sites (tertiary alicyclic amines) is 1. The Labute approximate surface area is 147 Å². The molecule has 1 aliphatic carbocycles. The van der Waals surface area contributed by atoms with Crippen LogP contribution in [0.5, 0.6) is 0 Å². The van der Waals surface area contributed by atoms with Gasteiger partial charge in [0.1, 0.15) is 5.60 Å². The van der Waals surface area contributed by atoms with Gasteiger partial charge in [0, 0.05) is 43.9 Å². The second-order valence-electron chi connectivity index (χ2n) is 7.86. The summed E-state index contributed by atoms with van der Waals surface area (Å²) in [4.78, 5) is 15.3. The lowest BCUT2D eigenvalue weighted by Crippen LogP contribution is -2.57. The van der Waals surface area contributed by atoms with Crippen molar-refractivity contribution in [1.82, 2.24) is 14.6 Å². The zero-order valence-electron chi connectivity index (χ0n) is 14.4. The van der Waals surface area contributed by atoms with Crippen LogP contribution in [0.1, 0.15) is 44.6 Å². The van der Waals surface area contributed by atoms with Crippen LogP contribution in [0.25, 0.3) is 0 Å². The maximum Gasteiger partial charge on any atom is 0.252 e. The zero-order chi connectivity index (χ0) is 16.6. The SMILES string of the molecule is CC1(C(=O)NC2[C@@H]3CC[C@H]2CN(Cc2cnsc2)C3)CCCCO1. The summed E-state index contributed by atoms with van der Waals surface area (Å²) in [6.45, 7) is 5.82. The van der Waals surface area contributed by atoms with Crippen molar-refractivity contribution in [2.75, 3.05) is 19.7 Å². The van der Waals surface area contributed by atoms with Crippen LogP contribution < -0.4 is 5.32 Å². The molecule has 3 aliphatic rings. The van der Waals surface area contributed by atoms with Gasteiger partial charge in [0.25, 0.3) is 5.91 Å². The number of rotatable bonds is 4. The van der Waals surface area contributed by atoms with Gasteiger partial charge in [-0.05, 0) is 68.0 Å². The third-order valence-electron chi connectivity index (χ3n) is 6.05. The van der Waals surface area contributed by atoms with E-state index in [1.54, 1.807) is 0 Å². The van der Waals surface area contributed by atoms with Crippen molar-refractivity contribution in [3.8, 4) is 0 Å². The largest absolute Gasteiger partial charge is 0.365 e. The fourth-order valence-corrected chi connectivity index (χ4v) is 5.19. The van der Waals surface area contributed by atoms with Crippen molar-refractivity contribution in [3.63, 3.8) is 0 Å². The van der Waals surface area contributed by atoms with Crippen LogP contribution in [0, 0.1) is 11.8 Å². The molecule has 132 valence electrons. The molecule has 3 fully saturated rings. The maximum absolute atomic E-state index is 12.8. The molecule has 3 heterocycles. The van der Waals surface area contributed by atoms with Gasteiger partial charge in [-0.25, -0.2) is 4.37 Å². The number of hydrogen-bond acceptors (Lipinski definition) is 5. The van der Waals surface area contributed by atoms with E-state index in [-0.39, 0.29) is 5.91 Å². The van der Waals surface area contributed by atoms with Crippen LogP contribution in [0.2, 0.25) is 0 Å². The molecule has 2 aliphatic heterocycles. The number of carbonyl (C=O) groups is 1. The summed E-state index contributed by atoms with van der Waals surface area (Å²) in [5, 5.41) is 5.51. The number of ether oxygens (including phenoxy) is 1. The number of nitrogens with one attached hydrogen (secondary N) is 1. The predicted molar refractivity (Wildman–Crippen MR) is 93.7 cm³/mol. The van der Waals surface area contributed by atoms with Crippen molar-refractivity contribution < 1.29 is 9.53 Å². The summed E-state index contributed by atoms with van der Waals surface area (Å²) in [6.07, 6.45) is 7.44. The summed E-state index contributed by atoms with van der Waals surface area (Å²) >= 11 is 1.52. The standard InChI is InChI=1S/C18H27N3O2S/c1-18(6-2-3-7-23-18)17(22)20-16-14-4-5-15(16)11-21(10-14)9-13-8-19-24-12-13/h8,12,14-16H,2-7,9-11H2,1H3,(H,20,22)/t14-,15+,16?,18?. The third-order valence-corrected chi connectivity index (χ3v) is 6.68. The molecule has 24 heavy (non-hydrogen) atoms. The normalized spacial score (nSPS) is 36.6. The van der Waals surface area contributed by atoms with Gasteiger partial charge in [-0.3, -0.25) is 9.69 Å². The number of aromatic nitrogens is 1. The lowest BCUT2D eigenvalue weighted by atomic mass is 9.89. The molecule has 0 spiro atoms. The third kappa shape index (κ3) is 3.24. The Kier molecular flexibility index (Phi) is 4.62. The molecule has 1 saturated carbocycles. The molecule has 4 rings (SSSR count). The second kappa shape index (κ2) is 6.73. The number of hydrogen-bond donors (Lipinski definition) is 1. The maximum atomic E-state index is 12.8. The van der Waals surface area contributed by atoms with E-state index in [1.165, 1.54) is 29.9 Å². The van der Waals surface area contributed by atoms with Gasteiger partial charge < -0.3 is 10.1 Å². The molecule has 0 radical (unpaired) electrons. The minimum atomic E-state index is -0.614. The molecule has 5 nitrogen and oxygen atoms in total. The number of nitrogens with zero attached hydrogens (tertiary/aromatic N) is 2. The van der Waals surface area contributed by atoms with Gasteiger partial charge in [0.15, 0.2) is 0 Å². The topological polar surface area (TPSA) is 54.5 Å². The van der Waals surface area contributed by atoms with Crippen LogP contribution in [0.3, 0.4) is 0 Å². The molecule has 1 N–H and O–H groups in total. The Morgan fingerprint density at radius 1 is 1.42 bits per heavy atom. The van der Waals surface area contributed by atoms with Gasteiger partial charge >= 0.3 is 0 Å². The zero-order valence-corrected chi connectivity index (χ0v) is 15.2. The van der Waals surface area contributed by atoms with Crippen molar-refractivity contribution in [2.45, 2.75) is 57.2 Å². The van der Waals surface area contributed by atoms with Gasteiger partial charge in [0.05, 0.1) is 0 Å². The summed E-state index contributed by atoms with van der Waals surface area (Å²) in [7, 11) is 0. The smallest absolute Gasteiger partial charge is 0.252 e. The molecule has 6 heteroatoms. The molecule has 2 saturated heterocycles. The minimum absolute atomic E-state index is 0.111. The highest BCUT2D eigenvalue weighted by Crippen LogP contribution is 2.38. The van der Waals surface area contributed by atoms with Crippen LogP contribution >= 0.6 is 11.5 Å². The van der Waals surface area contributed by atoms with E-state index < -0.39 is 5.60 Å². The first-order valence-electron chi connectivity index (χ1n) is 9.19. The van der Waals surface area contributed by atoms with Gasteiger partial charge in [0.2, 0.25) is 0 Å². The van der Waals surface area contributed by atoms with E-state index in [4.69, 9.17) is 4.74 Å². The lowest BCUT2D eigenvalue weighted by Gasteiger charge is -2.40. The predicted octanol–water partition coefficient (Wildman–Crippen LogP) is 2.43. The fourth-order valence-electron chi connectivity index (χ4n) is 4.66. The summed E-state index contributed by atoms with van der Waals surface area (Å²) in [5.41, 5.74) is 0.696. The van der Waals surface area contributed by atoms with E-state index in [9.17, 15) is 4.79 Å². The molecular formula is C18H27N3O2S. The van der Waals surface area contributed by atoms with Crippen molar-refractivity contribution in [2.24, 2.45) is 11.8 Å². The number of amides is 1. The first kappa shape index (κ1) is 16.5. The highest BCUT2D eigenvalue weighted by Gasteiger charge is 2.45. The summed E-state index contributed by atoms with van der Waals surface area (Å²) < 4.78 is 10.0. The molecule has 0 aromatic carbocycles. The molecule has 2 unspecified atom stereocenters. The van der Waals surface area contributed by atoms with Gasteiger partial charge in [-0.2, -0.15) is 0 Å². The van der Waals surface area contributed by atoms with Crippen molar-refractivity contribution in [1.29, 1.82) is 0 Å². The molecule has 1 amide bonds. The first-order valence-corrected chi connectivity index (χ1v) is 10.0. The van der Waals surface area contributed by atoms with E-state index in [0.29, 0.717) is 24.5 Å². The average Bonchev–Trinajstić information content (AvgIpc) is 3.15. The van der Waals surface area contributed by atoms with Crippen LogP contribution in [-0.4, -0.2) is 46.5 Å². The fraction of sp³-hybridized carbons (Fsp3) is 0.778. The minimum Gasteiger partial charge on any atom is -0.365 e.